The van der Waals surface area contributed by atoms with Gasteiger partial charge in [-0.3, -0.25) is 4.79 Å². The van der Waals surface area contributed by atoms with Gasteiger partial charge in [-0.1, -0.05) is 25.3 Å². The molecule has 1 N–H and O–H groups in total. The molecule has 0 radical (unpaired) electrons. The Bertz CT molecular complexity index is 411. The molecule has 1 saturated carbocycles. The van der Waals surface area contributed by atoms with Gasteiger partial charge in [-0.15, -0.1) is 0 Å². The standard InChI is InChI=1S/C15H22N2O/c1-16-13-8-6-7-12(11-13)15(18)17(2)14-9-4-3-5-10-14/h6-8,11,14,16H,3-5,9-10H2,1-2H3. The van der Waals surface area contributed by atoms with Crippen molar-refractivity contribution in [2.24, 2.45) is 0 Å². The lowest BCUT2D eigenvalue weighted by molar-refractivity contribution is 0.0696. The van der Waals surface area contributed by atoms with E-state index in [1.54, 1.807) is 0 Å². The number of nitrogens with one attached hydrogen (secondary N) is 1. The predicted molar refractivity (Wildman–Crippen MR) is 75.0 cm³/mol. The van der Waals surface area contributed by atoms with E-state index >= 15 is 0 Å². The van der Waals surface area contributed by atoms with Gasteiger partial charge in [0.15, 0.2) is 0 Å². The summed E-state index contributed by atoms with van der Waals surface area (Å²) in [7, 11) is 3.80. The van der Waals surface area contributed by atoms with Crippen LogP contribution in [0.25, 0.3) is 0 Å². The molecule has 0 bridgehead atoms. The van der Waals surface area contributed by atoms with E-state index in [0.29, 0.717) is 6.04 Å². The quantitative estimate of drug-likeness (QED) is 0.888. The highest BCUT2D eigenvalue weighted by molar-refractivity contribution is 5.95. The number of anilines is 1. The summed E-state index contributed by atoms with van der Waals surface area (Å²) >= 11 is 0. The number of amides is 1. The van der Waals surface area contributed by atoms with Gasteiger partial charge in [-0.05, 0) is 31.0 Å². The Kier molecular flexibility index (Phi) is 4.24. The minimum atomic E-state index is 0.138. The van der Waals surface area contributed by atoms with Gasteiger partial charge < -0.3 is 10.2 Å². The normalized spacial score (nSPS) is 16.3. The second-order valence-electron chi connectivity index (χ2n) is 5.04. The maximum Gasteiger partial charge on any atom is 0.253 e. The third-order valence-corrected chi connectivity index (χ3v) is 3.84. The van der Waals surface area contributed by atoms with E-state index in [2.05, 4.69) is 5.32 Å². The van der Waals surface area contributed by atoms with Crippen LogP contribution >= 0.6 is 0 Å². The van der Waals surface area contributed by atoms with Crippen molar-refractivity contribution in [2.75, 3.05) is 19.4 Å². The minimum absolute atomic E-state index is 0.138. The van der Waals surface area contributed by atoms with Crippen LogP contribution in [-0.2, 0) is 0 Å². The molecule has 1 aromatic rings. The molecule has 3 heteroatoms. The molecule has 1 fully saturated rings. The fourth-order valence-corrected chi connectivity index (χ4v) is 2.65. The number of benzene rings is 1. The number of carbonyl (C=O) groups is 1. The fourth-order valence-electron chi connectivity index (χ4n) is 2.65. The Morgan fingerprint density at radius 3 is 2.67 bits per heavy atom. The minimum Gasteiger partial charge on any atom is -0.388 e. The molecule has 0 spiro atoms. The highest BCUT2D eigenvalue weighted by Crippen LogP contribution is 2.23. The van der Waals surface area contributed by atoms with Gasteiger partial charge in [0.2, 0.25) is 0 Å². The Morgan fingerprint density at radius 1 is 1.28 bits per heavy atom. The fraction of sp³-hybridized carbons (Fsp3) is 0.533. The van der Waals surface area contributed by atoms with Gasteiger partial charge in [0.25, 0.3) is 5.91 Å². The molecule has 0 aromatic heterocycles. The summed E-state index contributed by atoms with van der Waals surface area (Å²) in [6, 6.07) is 8.12. The van der Waals surface area contributed by atoms with E-state index < -0.39 is 0 Å². The Morgan fingerprint density at radius 2 is 2.00 bits per heavy atom. The first-order chi connectivity index (χ1) is 8.72. The molecular weight excluding hydrogens is 224 g/mol. The van der Waals surface area contributed by atoms with Crippen LogP contribution in [0.15, 0.2) is 24.3 Å². The van der Waals surface area contributed by atoms with E-state index in [1.807, 2.05) is 43.3 Å². The van der Waals surface area contributed by atoms with Gasteiger partial charge in [0, 0.05) is 31.4 Å². The van der Waals surface area contributed by atoms with Crippen LogP contribution < -0.4 is 5.32 Å². The summed E-state index contributed by atoms with van der Waals surface area (Å²) in [6.07, 6.45) is 6.10. The van der Waals surface area contributed by atoms with Crippen molar-refractivity contribution in [3.05, 3.63) is 29.8 Å². The Balaban J connectivity index is 2.09. The monoisotopic (exact) mass is 246 g/mol. The summed E-state index contributed by atoms with van der Waals surface area (Å²) in [4.78, 5) is 14.3. The maximum absolute atomic E-state index is 12.4. The van der Waals surface area contributed by atoms with Crippen molar-refractivity contribution >= 4 is 11.6 Å². The molecule has 0 aliphatic heterocycles. The molecule has 18 heavy (non-hydrogen) atoms. The number of carbonyl (C=O) groups excluding carboxylic acids is 1. The van der Waals surface area contributed by atoms with Crippen LogP contribution in [0, 0.1) is 0 Å². The largest absolute Gasteiger partial charge is 0.388 e. The average molecular weight is 246 g/mol. The van der Waals surface area contributed by atoms with Gasteiger partial charge in [-0.2, -0.15) is 0 Å². The molecule has 0 heterocycles. The summed E-state index contributed by atoms with van der Waals surface area (Å²) in [5.41, 5.74) is 1.76. The van der Waals surface area contributed by atoms with E-state index in [0.717, 1.165) is 24.1 Å². The van der Waals surface area contributed by atoms with Crippen molar-refractivity contribution < 1.29 is 4.79 Å². The zero-order valence-electron chi connectivity index (χ0n) is 11.3. The number of hydrogen-bond donors (Lipinski definition) is 1. The Labute approximate surface area is 109 Å². The third-order valence-electron chi connectivity index (χ3n) is 3.84. The van der Waals surface area contributed by atoms with Crippen LogP contribution in [0.1, 0.15) is 42.5 Å². The molecule has 1 aliphatic carbocycles. The lowest BCUT2D eigenvalue weighted by atomic mass is 9.94. The molecule has 1 aromatic carbocycles. The van der Waals surface area contributed by atoms with Gasteiger partial charge in [-0.25, -0.2) is 0 Å². The van der Waals surface area contributed by atoms with Crippen LogP contribution in [0.3, 0.4) is 0 Å². The SMILES string of the molecule is CNc1cccc(C(=O)N(C)C2CCCCC2)c1. The van der Waals surface area contributed by atoms with Crippen molar-refractivity contribution in [3.63, 3.8) is 0 Å². The van der Waals surface area contributed by atoms with E-state index in [9.17, 15) is 4.79 Å². The Hall–Kier alpha value is -1.51. The molecule has 0 atom stereocenters. The first-order valence-corrected chi connectivity index (χ1v) is 6.77. The third kappa shape index (κ3) is 2.84. The molecule has 0 saturated heterocycles. The lowest BCUT2D eigenvalue weighted by Gasteiger charge is -2.31. The molecule has 1 amide bonds. The second-order valence-corrected chi connectivity index (χ2v) is 5.04. The zero-order valence-corrected chi connectivity index (χ0v) is 11.3. The summed E-state index contributed by atoms with van der Waals surface area (Å²) < 4.78 is 0. The van der Waals surface area contributed by atoms with Crippen LogP contribution in [0.4, 0.5) is 5.69 Å². The molecule has 1 aliphatic rings. The van der Waals surface area contributed by atoms with E-state index in [4.69, 9.17) is 0 Å². The number of rotatable bonds is 3. The topological polar surface area (TPSA) is 32.3 Å². The van der Waals surface area contributed by atoms with Gasteiger partial charge in [0.1, 0.15) is 0 Å². The van der Waals surface area contributed by atoms with Crippen molar-refractivity contribution in [1.29, 1.82) is 0 Å². The van der Waals surface area contributed by atoms with E-state index in [-0.39, 0.29) is 5.91 Å². The van der Waals surface area contributed by atoms with Crippen LogP contribution in [0.2, 0.25) is 0 Å². The highest BCUT2D eigenvalue weighted by Gasteiger charge is 2.22. The molecular formula is C15H22N2O. The summed E-state index contributed by atoms with van der Waals surface area (Å²) in [5, 5.41) is 3.07. The second kappa shape index (κ2) is 5.89. The molecule has 2 rings (SSSR count). The first kappa shape index (κ1) is 12.9. The van der Waals surface area contributed by atoms with Crippen molar-refractivity contribution in [3.8, 4) is 0 Å². The highest BCUT2D eigenvalue weighted by atomic mass is 16.2. The lowest BCUT2D eigenvalue weighted by Crippen LogP contribution is -2.38. The summed E-state index contributed by atoms with van der Waals surface area (Å²) in [6.45, 7) is 0. The maximum atomic E-state index is 12.4. The van der Waals surface area contributed by atoms with Crippen LogP contribution in [-0.4, -0.2) is 30.9 Å². The molecule has 0 unspecified atom stereocenters. The van der Waals surface area contributed by atoms with E-state index in [1.165, 1.54) is 19.3 Å². The van der Waals surface area contributed by atoms with Gasteiger partial charge in [0.05, 0.1) is 0 Å². The smallest absolute Gasteiger partial charge is 0.253 e. The zero-order chi connectivity index (χ0) is 13.0. The molecule has 3 nitrogen and oxygen atoms in total. The predicted octanol–water partition coefficient (Wildman–Crippen LogP) is 3.13. The molecule has 98 valence electrons. The number of hydrogen-bond acceptors (Lipinski definition) is 2. The van der Waals surface area contributed by atoms with Gasteiger partial charge >= 0.3 is 0 Å². The first-order valence-electron chi connectivity index (χ1n) is 6.77. The number of nitrogens with zero attached hydrogens (tertiary/aromatic N) is 1. The average Bonchev–Trinajstić information content (AvgIpc) is 2.46. The van der Waals surface area contributed by atoms with Crippen molar-refractivity contribution in [2.45, 2.75) is 38.1 Å². The summed E-state index contributed by atoms with van der Waals surface area (Å²) in [5.74, 6) is 0.138. The van der Waals surface area contributed by atoms with Crippen molar-refractivity contribution in [1.82, 2.24) is 4.90 Å². The van der Waals surface area contributed by atoms with Crippen LogP contribution in [0.5, 0.6) is 0 Å².